The van der Waals surface area contributed by atoms with E-state index in [2.05, 4.69) is 50.7 Å². The lowest BCUT2D eigenvalue weighted by molar-refractivity contribution is -0.127. The van der Waals surface area contributed by atoms with Crippen molar-refractivity contribution in [3.05, 3.63) is 65.6 Å². The quantitative estimate of drug-likeness (QED) is 0.315. The SMILES string of the molecule is C=CC(=O)N1CCC(n2nc(-c3ccc4[nH]ncc4c3)c(-c3c(Cl)c(C)cc4[nH]ncc34)c2C)CC1. The lowest BCUT2D eigenvalue weighted by atomic mass is 9.94. The number of carbonyl (C=O) groups is 1. The second-order valence-electron chi connectivity index (χ2n) is 9.40. The van der Waals surface area contributed by atoms with E-state index in [1.165, 1.54) is 6.08 Å². The molecule has 4 heterocycles. The van der Waals surface area contributed by atoms with Crippen molar-refractivity contribution in [2.45, 2.75) is 32.7 Å². The molecule has 36 heavy (non-hydrogen) atoms. The van der Waals surface area contributed by atoms with Crippen molar-refractivity contribution in [2.75, 3.05) is 13.1 Å². The fraction of sp³-hybridized carbons (Fsp3) is 0.259. The van der Waals surface area contributed by atoms with E-state index in [9.17, 15) is 4.79 Å². The van der Waals surface area contributed by atoms with Gasteiger partial charge in [-0.15, -0.1) is 0 Å². The van der Waals surface area contributed by atoms with Crippen LogP contribution < -0.4 is 0 Å². The Kier molecular flexibility index (Phi) is 5.41. The number of carbonyl (C=O) groups excluding carboxylic acids is 1. The summed E-state index contributed by atoms with van der Waals surface area (Å²) in [5.74, 6) is -0.0191. The number of aromatic nitrogens is 6. The van der Waals surface area contributed by atoms with Gasteiger partial charge in [-0.3, -0.25) is 19.7 Å². The van der Waals surface area contributed by atoms with Crippen molar-refractivity contribution in [1.82, 2.24) is 35.1 Å². The molecule has 5 aromatic rings. The van der Waals surface area contributed by atoms with Crippen LogP contribution >= 0.6 is 11.6 Å². The molecule has 0 atom stereocenters. The number of likely N-dealkylation sites (tertiary alicyclic amines) is 1. The summed E-state index contributed by atoms with van der Waals surface area (Å²) in [6, 6.07) is 8.40. The van der Waals surface area contributed by atoms with E-state index >= 15 is 0 Å². The molecule has 9 heteroatoms. The topological polar surface area (TPSA) is 95.5 Å². The molecule has 1 fully saturated rings. The smallest absolute Gasteiger partial charge is 0.245 e. The number of hydrogen-bond acceptors (Lipinski definition) is 4. The maximum atomic E-state index is 12.1. The van der Waals surface area contributed by atoms with Crippen LogP contribution in [0.4, 0.5) is 0 Å². The second kappa shape index (κ2) is 8.64. The van der Waals surface area contributed by atoms with E-state index in [-0.39, 0.29) is 11.9 Å². The molecule has 2 N–H and O–H groups in total. The molecule has 0 aliphatic carbocycles. The van der Waals surface area contributed by atoms with Crippen LogP contribution in [-0.2, 0) is 4.79 Å². The number of amides is 1. The normalized spacial score (nSPS) is 14.7. The van der Waals surface area contributed by atoms with Gasteiger partial charge in [-0.25, -0.2) is 0 Å². The van der Waals surface area contributed by atoms with Crippen LogP contribution in [0, 0.1) is 13.8 Å². The number of hydrogen-bond donors (Lipinski definition) is 2. The third-order valence-corrected chi connectivity index (χ3v) is 7.76. The van der Waals surface area contributed by atoms with Crippen LogP contribution in [0.1, 0.15) is 30.1 Å². The number of aromatic amines is 2. The molecule has 0 spiro atoms. The predicted octanol–water partition coefficient (Wildman–Crippen LogP) is 5.59. The van der Waals surface area contributed by atoms with Gasteiger partial charge in [0, 0.05) is 46.2 Å². The molecule has 2 aromatic carbocycles. The van der Waals surface area contributed by atoms with Gasteiger partial charge in [-0.1, -0.05) is 24.2 Å². The number of nitrogens with zero attached hydrogens (tertiary/aromatic N) is 5. The molecule has 8 nitrogen and oxygen atoms in total. The zero-order valence-electron chi connectivity index (χ0n) is 20.2. The van der Waals surface area contributed by atoms with Crippen LogP contribution in [-0.4, -0.2) is 54.1 Å². The standard InChI is InChI=1S/C27H26ClN7O/c1-4-23(36)34-9-7-19(8-10-34)35-16(3)24(25-20-14-30-32-22(20)11-15(2)26(25)28)27(33-35)17-5-6-21-18(12-17)13-29-31-21/h4-6,11-14,19H,1,7-10H2,2-3H3,(H,29,31)(H,30,32). The van der Waals surface area contributed by atoms with E-state index in [0.29, 0.717) is 18.1 Å². The minimum atomic E-state index is -0.0191. The monoisotopic (exact) mass is 499 g/mol. The molecule has 1 saturated heterocycles. The van der Waals surface area contributed by atoms with Crippen molar-refractivity contribution in [2.24, 2.45) is 0 Å². The highest BCUT2D eigenvalue weighted by Crippen LogP contribution is 2.44. The first-order valence-corrected chi connectivity index (χ1v) is 12.4. The van der Waals surface area contributed by atoms with Crippen molar-refractivity contribution in [3.63, 3.8) is 0 Å². The second-order valence-corrected chi connectivity index (χ2v) is 9.78. The van der Waals surface area contributed by atoms with E-state index in [4.69, 9.17) is 16.7 Å². The van der Waals surface area contributed by atoms with Crippen molar-refractivity contribution < 1.29 is 4.79 Å². The number of piperidine rings is 1. The van der Waals surface area contributed by atoms with Gasteiger partial charge in [-0.2, -0.15) is 15.3 Å². The summed E-state index contributed by atoms with van der Waals surface area (Å²) in [7, 11) is 0. The minimum absolute atomic E-state index is 0.0191. The van der Waals surface area contributed by atoms with Gasteiger partial charge in [0.1, 0.15) is 5.69 Å². The van der Waals surface area contributed by atoms with E-state index in [1.807, 2.05) is 36.4 Å². The first kappa shape index (κ1) is 22.5. The maximum absolute atomic E-state index is 12.1. The van der Waals surface area contributed by atoms with Crippen molar-refractivity contribution in [1.29, 1.82) is 0 Å². The Morgan fingerprint density at radius 3 is 2.61 bits per heavy atom. The Morgan fingerprint density at radius 2 is 1.83 bits per heavy atom. The molecular formula is C27H26ClN7O. The number of fused-ring (bicyclic) bond motifs is 2. The number of nitrogens with one attached hydrogen (secondary N) is 2. The lowest BCUT2D eigenvalue weighted by Crippen LogP contribution is -2.38. The van der Waals surface area contributed by atoms with Crippen molar-refractivity contribution >= 4 is 39.3 Å². The van der Waals surface area contributed by atoms with Gasteiger partial charge in [-0.05, 0) is 56.5 Å². The molecule has 0 radical (unpaired) electrons. The summed E-state index contributed by atoms with van der Waals surface area (Å²) >= 11 is 6.99. The third-order valence-electron chi connectivity index (χ3n) is 7.27. The van der Waals surface area contributed by atoms with Gasteiger partial charge < -0.3 is 4.90 Å². The van der Waals surface area contributed by atoms with E-state index in [0.717, 1.165) is 68.3 Å². The predicted molar refractivity (Wildman–Crippen MR) is 142 cm³/mol. The lowest BCUT2D eigenvalue weighted by Gasteiger charge is -2.32. The Hall–Kier alpha value is -3.91. The highest BCUT2D eigenvalue weighted by atomic mass is 35.5. The van der Waals surface area contributed by atoms with E-state index < -0.39 is 0 Å². The molecule has 1 aliphatic rings. The Balaban J connectivity index is 1.54. The molecule has 182 valence electrons. The fourth-order valence-electron chi connectivity index (χ4n) is 5.37. The molecule has 1 aliphatic heterocycles. The van der Waals surface area contributed by atoms with Gasteiger partial charge >= 0.3 is 0 Å². The van der Waals surface area contributed by atoms with Crippen molar-refractivity contribution in [3.8, 4) is 22.4 Å². The zero-order chi connectivity index (χ0) is 25.0. The molecule has 0 bridgehead atoms. The fourth-order valence-corrected chi connectivity index (χ4v) is 5.62. The summed E-state index contributed by atoms with van der Waals surface area (Å²) in [4.78, 5) is 14.0. The van der Waals surface area contributed by atoms with Gasteiger partial charge in [0.15, 0.2) is 0 Å². The summed E-state index contributed by atoms with van der Waals surface area (Å²) < 4.78 is 2.13. The summed E-state index contributed by atoms with van der Waals surface area (Å²) in [5, 5.41) is 22.5. The largest absolute Gasteiger partial charge is 0.339 e. The summed E-state index contributed by atoms with van der Waals surface area (Å²) in [6.45, 7) is 9.10. The molecule has 1 amide bonds. The van der Waals surface area contributed by atoms with Gasteiger partial charge in [0.2, 0.25) is 5.91 Å². The zero-order valence-corrected chi connectivity index (χ0v) is 20.9. The molecule has 3 aromatic heterocycles. The summed E-state index contributed by atoms with van der Waals surface area (Å²) in [5.41, 5.74) is 7.73. The van der Waals surface area contributed by atoms with Crippen LogP contribution in [0.15, 0.2) is 49.3 Å². The van der Waals surface area contributed by atoms with Crippen LogP contribution in [0.3, 0.4) is 0 Å². The number of aryl methyl sites for hydroxylation is 1. The first-order valence-electron chi connectivity index (χ1n) is 12.0. The maximum Gasteiger partial charge on any atom is 0.245 e. The highest BCUT2D eigenvalue weighted by Gasteiger charge is 2.29. The third kappa shape index (κ3) is 3.52. The highest BCUT2D eigenvalue weighted by molar-refractivity contribution is 6.36. The number of H-pyrrole nitrogens is 2. The average Bonchev–Trinajstić information content (AvgIpc) is 3.63. The minimum Gasteiger partial charge on any atom is -0.339 e. The summed E-state index contributed by atoms with van der Waals surface area (Å²) in [6.07, 6.45) is 6.68. The number of halogens is 1. The molecule has 0 saturated carbocycles. The number of rotatable bonds is 4. The van der Waals surface area contributed by atoms with Gasteiger partial charge in [0.05, 0.1) is 34.5 Å². The van der Waals surface area contributed by atoms with Gasteiger partial charge in [0.25, 0.3) is 0 Å². The first-order chi connectivity index (χ1) is 17.5. The average molecular weight is 500 g/mol. The Bertz CT molecular complexity index is 1630. The molecule has 6 rings (SSSR count). The van der Waals surface area contributed by atoms with Crippen LogP contribution in [0.25, 0.3) is 44.2 Å². The Labute approximate surface area is 212 Å². The molecular weight excluding hydrogens is 474 g/mol. The van der Waals surface area contributed by atoms with Crippen LogP contribution in [0.5, 0.6) is 0 Å². The molecule has 0 unspecified atom stereocenters. The number of benzene rings is 2. The van der Waals surface area contributed by atoms with E-state index in [1.54, 1.807) is 0 Å². The Morgan fingerprint density at radius 1 is 1.08 bits per heavy atom. The van der Waals surface area contributed by atoms with Crippen LogP contribution in [0.2, 0.25) is 5.02 Å².